The molecule has 1 saturated heterocycles. The summed E-state index contributed by atoms with van der Waals surface area (Å²) >= 11 is 0. The normalized spacial score (nSPS) is 31.5. The van der Waals surface area contributed by atoms with Gasteiger partial charge in [0, 0.05) is 0 Å². The highest BCUT2D eigenvalue weighted by Gasteiger charge is 2.23. The zero-order chi connectivity index (χ0) is 8.23. The summed E-state index contributed by atoms with van der Waals surface area (Å²) in [5, 5.41) is 6.84. The van der Waals surface area contributed by atoms with Gasteiger partial charge in [-0.3, -0.25) is 10.6 Å². The van der Waals surface area contributed by atoms with Crippen molar-refractivity contribution in [1.82, 2.24) is 10.6 Å². The van der Waals surface area contributed by atoms with Gasteiger partial charge in [0.25, 0.3) is 0 Å². The third-order valence-electron chi connectivity index (χ3n) is 2.42. The zero-order valence-corrected chi connectivity index (χ0v) is 7.25. The topological polar surface area (TPSA) is 33.3 Å². The molecule has 1 atom stereocenters. The van der Waals surface area contributed by atoms with E-state index in [9.17, 15) is 0 Å². The van der Waals surface area contributed by atoms with Gasteiger partial charge in [-0.25, -0.2) is 0 Å². The zero-order valence-electron chi connectivity index (χ0n) is 7.25. The van der Waals surface area contributed by atoms with Crippen LogP contribution in [0.15, 0.2) is 12.3 Å². The third kappa shape index (κ3) is 1.79. The number of hydrogen-bond donors (Lipinski definition) is 2. The molecule has 0 amide bonds. The lowest BCUT2D eigenvalue weighted by molar-refractivity contribution is 0.0662. The van der Waals surface area contributed by atoms with Crippen LogP contribution >= 0.6 is 0 Å². The number of rotatable bonds is 1. The highest BCUT2D eigenvalue weighted by atomic mass is 16.5. The lowest BCUT2D eigenvalue weighted by Crippen LogP contribution is -2.55. The minimum Gasteiger partial charge on any atom is -0.495 e. The molecule has 2 N–H and O–H groups in total. The van der Waals surface area contributed by atoms with Crippen molar-refractivity contribution >= 4 is 0 Å². The molecule has 68 valence electrons. The van der Waals surface area contributed by atoms with E-state index in [-0.39, 0.29) is 0 Å². The van der Waals surface area contributed by atoms with Gasteiger partial charge in [0.1, 0.15) is 6.10 Å². The summed E-state index contributed by atoms with van der Waals surface area (Å²) in [5.74, 6) is 0. The summed E-state index contributed by atoms with van der Waals surface area (Å²) in [4.78, 5) is 0. The molecule has 2 aliphatic rings. The fourth-order valence-corrected chi connectivity index (χ4v) is 1.74. The van der Waals surface area contributed by atoms with Gasteiger partial charge in [-0.05, 0) is 38.4 Å². The van der Waals surface area contributed by atoms with Crippen LogP contribution in [0.25, 0.3) is 0 Å². The Morgan fingerprint density at radius 1 is 1.25 bits per heavy atom. The molecule has 0 saturated carbocycles. The Hall–Kier alpha value is -0.540. The molecular formula is C9H16N2O. The van der Waals surface area contributed by atoms with E-state index in [1.807, 2.05) is 6.26 Å². The van der Waals surface area contributed by atoms with Crippen molar-refractivity contribution < 1.29 is 4.74 Å². The summed E-state index contributed by atoms with van der Waals surface area (Å²) in [6.45, 7) is 2.22. The van der Waals surface area contributed by atoms with Gasteiger partial charge in [-0.15, -0.1) is 0 Å². The quantitative estimate of drug-likeness (QED) is 0.601. The monoisotopic (exact) mass is 168 g/mol. The van der Waals surface area contributed by atoms with Crippen molar-refractivity contribution in [3.8, 4) is 0 Å². The first kappa shape index (κ1) is 8.08. The van der Waals surface area contributed by atoms with Gasteiger partial charge in [0.2, 0.25) is 0 Å². The van der Waals surface area contributed by atoms with Crippen LogP contribution in [-0.2, 0) is 4.74 Å². The maximum Gasteiger partial charge on any atom is 0.126 e. The van der Waals surface area contributed by atoms with Crippen LogP contribution in [0.4, 0.5) is 0 Å². The van der Waals surface area contributed by atoms with E-state index in [2.05, 4.69) is 16.7 Å². The predicted molar refractivity (Wildman–Crippen MR) is 47.7 cm³/mol. The Morgan fingerprint density at radius 2 is 2.08 bits per heavy atom. The fraction of sp³-hybridized carbons (Fsp3) is 0.778. The van der Waals surface area contributed by atoms with Crippen molar-refractivity contribution in [1.29, 1.82) is 0 Å². The van der Waals surface area contributed by atoms with E-state index in [1.165, 1.54) is 6.42 Å². The van der Waals surface area contributed by atoms with Crippen LogP contribution < -0.4 is 10.6 Å². The van der Waals surface area contributed by atoms with Crippen molar-refractivity contribution in [2.75, 3.05) is 13.1 Å². The Labute approximate surface area is 73.2 Å². The summed E-state index contributed by atoms with van der Waals surface area (Å²) in [6, 6.07) is 0. The van der Waals surface area contributed by atoms with E-state index in [0.717, 1.165) is 25.9 Å². The fourth-order valence-electron chi connectivity index (χ4n) is 1.74. The molecule has 1 fully saturated rings. The second-order valence-electron chi connectivity index (χ2n) is 3.36. The highest BCUT2D eigenvalue weighted by Crippen LogP contribution is 2.13. The van der Waals surface area contributed by atoms with Gasteiger partial charge in [0.05, 0.1) is 12.4 Å². The summed E-state index contributed by atoms with van der Waals surface area (Å²) in [5.41, 5.74) is 0. The molecule has 2 rings (SSSR count). The first-order valence-corrected chi connectivity index (χ1v) is 4.74. The number of nitrogens with one attached hydrogen (secondary N) is 2. The largest absolute Gasteiger partial charge is 0.495 e. The maximum absolute atomic E-state index is 5.51. The van der Waals surface area contributed by atoms with E-state index < -0.39 is 0 Å². The first-order valence-electron chi connectivity index (χ1n) is 4.74. The molecule has 0 aromatic rings. The maximum atomic E-state index is 5.51. The molecule has 3 nitrogen and oxygen atoms in total. The Balaban J connectivity index is 1.85. The summed E-state index contributed by atoms with van der Waals surface area (Å²) < 4.78 is 5.51. The van der Waals surface area contributed by atoms with Crippen LogP contribution in [0.1, 0.15) is 19.3 Å². The molecule has 0 unspecified atom stereocenters. The third-order valence-corrected chi connectivity index (χ3v) is 2.42. The average molecular weight is 168 g/mol. The summed E-state index contributed by atoms with van der Waals surface area (Å²) in [6.07, 6.45) is 8.09. The Morgan fingerprint density at radius 3 is 2.75 bits per heavy atom. The van der Waals surface area contributed by atoms with Gasteiger partial charge in [-0.2, -0.15) is 0 Å². The molecule has 0 bridgehead atoms. The Kier molecular flexibility index (Phi) is 2.64. The van der Waals surface area contributed by atoms with Crippen LogP contribution in [0.3, 0.4) is 0 Å². The first-order chi connectivity index (χ1) is 5.97. The van der Waals surface area contributed by atoms with Gasteiger partial charge >= 0.3 is 0 Å². The minimum absolute atomic E-state index is 0.329. The molecule has 0 radical (unpaired) electrons. The number of hydrogen-bond acceptors (Lipinski definition) is 3. The van der Waals surface area contributed by atoms with Crippen molar-refractivity contribution in [3.05, 3.63) is 12.3 Å². The number of allylic oxidation sites excluding steroid dienone is 1. The average Bonchev–Trinajstić information content (AvgIpc) is 2.21. The lowest BCUT2D eigenvalue weighted by atomic mass is 10.1. The van der Waals surface area contributed by atoms with Gasteiger partial charge in [-0.1, -0.05) is 0 Å². The molecule has 0 spiro atoms. The molecule has 0 aliphatic carbocycles. The predicted octanol–water partition coefficient (Wildman–Crippen LogP) is 0.588. The molecule has 0 aromatic heterocycles. The number of ether oxygens (including phenoxy) is 1. The van der Waals surface area contributed by atoms with Gasteiger partial charge in [0.15, 0.2) is 0 Å². The van der Waals surface area contributed by atoms with Crippen LogP contribution in [0, 0.1) is 0 Å². The van der Waals surface area contributed by atoms with Crippen LogP contribution in [0.2, 0.25) is 0 Å². The minimum atomic E-state index is 0.329. The second-order valence-corrected chi connectivity index (χ2v) is 3.36. The smallest absolute Gasteiger partial charge is 0.126 e. The van der Waals surface area contributed by atoms with Crippen molar-refractivity contribution in [2.24, 2.45) is 0 Å². The molecule has 2 aliphatic heterocycles. The van der Waals surface area contributed by atoms with Crippen molar-refractivity contribution in [3.63, 3.8) is 0 Å². The highest BCUT2D eigenvalue weighted by molar-refractivity contribution is 4.88. The lowest BCUT2D eigenvalue weighted by Gasteiger charge is -2.32. The summed E-state index contributed by atoms with van der Waals surface area (Å²) in [7, 11) is 0. The van der Waals surface area contributed by atoms with Gasteiger partial charge < -0.3 is 4.74 Å². The van der Waals surface area contributed by atoms with Crippen LogP contribution in [-0.4, -0.2) is 25.4 Å². The molecule has 3 heteroatoms. The standard InChI is InChI=1S/C9H16N2O/c1-2-7-12-8(4-1)9-10-5-3-6-11-9/h2,7-11H,1,3-6H2/t8-/m0/s1. The molecule has 12 heavy (non-hydrogen) atoms. The Bertz CT molecular complexity index is 164. The van der Waals surface area contributed by atoms with E-state index in [1.54, 1.807) is 0 Å². The SMILES string of the molecule is C1=CO[C@H](C2NCCCN2)CC1. The van der Waals surface area contributed by atoms with Crippen LogP contribution in [0.5, 0.6) is 0 Å². The molecular weight excluding hydrogens is 152 g/mol. The van der Waals surface area contributed by atoms with E-state index in [0.29, 0.717) is 12.3 Å². The molecule has 2 heterocycles. The van der Waals surface area contributed by atoms with E-state index in [4.69, 9.17) is 4.74 Å². The van der Waals surface area contributed by atoms with E-state index >= 15 is 0 Å². The molecule has 0 aromatic carbocycles. The second kappa shape index (κ2) is 3.92. The van der Waals surface area contributed by atoms with Crippen molar-refractivity contribution in [2.45, 2.75) is 31.5 Å².